The molecule has 0 aliphatic rings. The molecular formula is C18H16NOPS. The van der Waals surface area contributed by atoms with E-state index in [1.807, 2.05) is 84.4 Å². The SMILES string of the molecule is C/C(=N/P(=O)(c1ccccc1)c1ccccc1)c1ccsc1. The predicted molar refractivity (Wildman–Crippen MR) is 96.3 cm³/mol. The van der Waals surface area contributed by atoms with Gasteiger partial charge in [0.05, 0.1) is 0 Å². The lowest BCUT2D eigenvalue weighted by molar-refractivity contribution is 0.588. The Bertz CT molecular complexity index is 767. The van der Waals surface area contributed by atoms with Crippen LogP contribution in [0.2, 0.25) is 0 Å². The van der Waals surface area contributed by atoms with Gasteiger partial charge >= 0.3 is 0 Å². The topological polar surface area (TPSA) is 29.4 Å². The van der Waals surface area contributed by atoms with Crippen LogP contribution in [0.3, 0.4) is 0 Å². The molecule has 3 aromatic rings. The van der Waals surface area contributed by atoms with Gasteiger partial charge in [0.25, 0.3) is 0 Å². The van der Waals surface area contributed by atoms with Crippen LogP contribution in [0.1, 0.15) is 12.5 Å². The van der Waals surface area contributed by atoms with Gasteiger partial charge in [0.15, 0.2) is 0 Å². The first-order valence-corrected chi connectivity index (χ1v) is 9.61. The first-order chi connectivity index (χ1) is 10.7. The van der Waals surface area contributed by atoms with Crippen molar-refractivity contribution in [3.8, 4) is 0 Å². The molecule has 2 nitrogen and oxygen atoms in total. The number of benzene rings is 2. The Morgan fingerprint density at radius 1 is 0.909 bits per heavy atom. The molecule has 0 fully saturated rings. The third-order valence-corrected chi connectivity index (χ3v) is 6.70. The van der Waals surface area contributed by atoms with Crippen LogP contribution < -0.4 is 10.6 Å². The second kappa shape index (κ2) is 6.43. The van der Waals surface area contributed by atoms with Crippen molar-refractivity contribution in [2.45, 2.75) is 6.92 Å². The normalized spacial score (nSPS) is 12.3. The van der Waals surface area contributed by atoms with Crippen molar-refractivity contribution in [2.24, 2.45) is 4.76 Å². The summed E-state index contributed by atoms with van der Waals surface area (Å²) in [6, 6.07) is 21.0. The van der Waals surface area contributed by atoms with Gasteiger partial charge in [-0.1, -0.05) is 36.4 Å². The van der Waals surface area contributed by atoms with Gasteiger partial charge in [-0.25, -0.2) is 4.76 Å². The Kier molecular flexibility index (Phi) is 4.37. The van der Waals surface area contributed by atoms with Gasteiger partial charge in [-0.15, -0.1) is 0 Å². The van der Waals surface area contributed by atoms with Crippen LogP contribution in [0, 0.1) is 0 Å². The number of hydrogen-bond donors (Lipinski definition) is 0. The van der Waals surface area contributed by atoms with E-state index in [2.05, 4.69) is 4.76 Å². The van der Waals surface area contributed by atoms with Crippen molar-refractivity contribution in [3.63, 3.8) is 0 Å². The summed E-state index contributed by atoms with van der Waals surface area (Å²) in [5.41, 5.74) is 1.83. The highest BCUT2D eigenvalue weighted by Gasteiger charge is 2.26. The standard InChI is InChI=1S/C18H16NOPS/c1-15(16-12-13-22-14-16)19-21(20,17-8-4-2-5-9-17)18-10-6-3-7-11-18/h2-14H,1H3/b19-15-. The molecule has 110 valence electrons. The average molecular weight is 325 g/mol. The summed E-state index contributed by atoms with van der Waals surface area (Å²) in [7, 11) is -3.03. The molecule has 0 aliphatic carbocycles. The Balaban J connectivity index is 2.17. The van der Waals surface area contributed by atoms with Crippen molar-refractivity contribution in [1.82, 2.24) is 0 Å². The second-order valence-electron chi connectivity index (χ2n) is 4.94. The van der Waals surface area contributed by atoms with E-state index in [0.29, 0.717) is 0 Å². The van der Waals surface area contributed by atoms with Gasteiger partial charge in [0, 0.05) is 21.9 Å². The zero-order chi connectivity index (χ0) is 15.4. The van der Waals surface area contributed by atoms with E-state index in [-0.39, 0.29) is 0 Å². The molecule has 1 aromatic heterocycles. The molecule has 0 atom stereocenters. The van der Waals surface area contributed by atoms with Crippen molar-refractivity contribution in [1.29, 1.82) is 0 Å². The minimum absolute atomic E-state index is 0.760. The maximum absolute atomic E-state index is 13.7. The molecule has 4 heteroatoms. The van der Waals surface area contributed by atoms with Crippen LogP contribution in [0.15, 0.2) is 82.3 Å². The van der Waals surface area contributed by atoms with E-state index in [9.17, 15) is 4.57 Å². The third kappa shape index (κ3) is 2.96. The molecule has 0 bridgehead atoms. The third-order valence-electron chi connectivity index (χ3n) is 3.44. The van der Waals surface area contributed by atoms with Gasteiger partial charge in [-0.2, -0.15) is 11.3 Å². The number of hydrogen-bond acceptors (Lipinski definition) is 2. The van der Waals surface area contributed by atoms with E-state index in [4.69, 9.17) is 0 Å². The first kappa shape index (κ1) is 15.0. The van der Waals surface area contributed by atoms with Gasteiger partial charge in [0.1, 0.15) is 0 Å². The fourth-order valence-corrected chi connectivity index (χ4v) is 5.18. The van der Waals surface area contributed by atoms with Crippen molar-refractivity contribution < 1.29 is 4.57 Å². The Hall–Kier alpha value is -1.96. The Morgan fingerprint density at radius 3 is 1.91 bits per heavy atom. The number of thiophene rings is 1. The molecule has 0 radical (unpaired) electrons. The zero-order valence-corrected chi connectivity index (χ0v) is 13.9. The van der Waals surface area contributed by atoms with E-state index in [0.717, 1.165) is 21.9 Å². The quantitative estimate of drug-likeness (QED) is 0.513. The highest BCUT2D eigenvalue weighted by Crippen LogP contribution is 2.45. The summed E-state index contributed by atoms with van der Waals surface area (Å²) in [4.78, 5) is 0. The van der Waals surface area contributed by atoms with Crippen LogP contribution in [0.5, 0.6) is 0 Å². The molecule has 22 heavy (non-hydrogen) atoms. The summed E-state index contributed by atoms with van der Waals surface area (Å²) in [6.07, 6.45) is 0. The molecule has 0 unspecified atom stereocenters. The number of nitrogens with zero attached hydrogens (tertiary/aromatic N) is 1. The molecule has 0 N–H and O–H groups in total. The van der Waals surface area contributed by atoms with Gasteiger partial charge in [0.2, 0.25) is 7.29 Å². The summed E-state index contributed by atoms with van der Waals surface area (Å²) in [5.74, 6) is 0. The molecule has 0 amide bonds. The van der Waals surface area contributed by atoms with Gasteiger partial charge < -0.3 is 0 Å². The molecule has 3 rings (SSSR count). The van der Waals surface area contributed by atoms with Crippen molar-refractivity contribution >= 4 is 35.0 Å². The minimum Gasteiger partial charge on any atom is -0.288 e. The fourth-order valence-electron chi connectivity index (χ4n) is 2.26. The summed E-state index contributed by atoms with van der Waals surface area (Å²) in [6.45, 7) is 1.92. The minimum atomic E-state index is -3.03. The van der Waals surface area contributed by atoms with Crippen LogP contribution >= 0.6 is 18.6 Å². The molecule has 1 heterocycles. The second-order valence-corrected chi connectivity index (χ2v) is 8.11. The summed E-state index contributed by atoms with van der Waals surface area (Å²) >= 11 is 1.62. The monoisotopic (exact) mass is 325 g/mol. The lowest BCUT2D eigenvalue weighted by atomic mass is 10.2. The predicted octanol–water partition coefficient (Wildman–Crippen LogP) is 4.49. The average Bonchev–Trinajstić information content (AvgIpc) is 3.11. The van der Waals surface area contributed by atoms with E-state index < -0.39 is 7.29 Å². The zero-order valence-electron chi connectivity index (χ0n) is 12.2. The van der Waals surface area contributed by atoms with Crippen LogP contribution in [-0.4, -0.2) is 5.71 Å². The highest BCUT2D eigenvalue weighted by atomic mass is 32.1. The van der Waals surface area contributed by atoms with Crippen LogP contribution in [-0.2, 0) is 4.57 Å². The Morgan fingerprint density at radius 2 is 1.45 bits per heavy atom. The van der Waals surface area contributed by atoms with E-state index in [1.165, 1.54) is 0 Å². The van der Waals surface area contributed by atoms with Crippen molar-refractivity contribution in [2.75, 3.05) is 0 Å². The highest BCUT2D eigenvalue weighted by molar-refractivity contribution is 7.77. The number of rotatable bonds is 4. The molecule has 0 spiro atoms. The maximum atomic E-state index is 13.7. The largest absolute Gasteiger partial charge is 0.288 e. The van der Waals surface area contributed by atoms with E-state index in [1.54, 1.807) is 11.3 Å². The van der Waals surface area contributed by atoms with Crippen molar-refractivity contribution in [3.05, 3.63) is 83.1 Å². The lowest BCUT2D eigenvalue weighted by Gasteiger charge is -2.15. The van der Waals surface area contributed by atoms with E-state index >= 15 is 0 Å². The molecule has 2 aromatic carbocycles. The molecule has 0 aliphatic heterocycles. The smallest absolute Gasteiger partial charge is 0.247 e. The molecule has 0 saturated heterocycles. The van der Waals surface area contributed by atoms with Gasteiger partial charge in [-0.3, -0.25) is 4.57 Å². The first-order valence-electron chi connectivity index (χ1n) is 7.01. The van der Waals surface area contributed by atoms with Gasteiger partial charge in [-0.05, 0) is 48.0 Å². The molecular weight excluding hydrogens is 309 g/mol. The van der Waals surface area contributed by atoms with Crippen LogP contribution in [0.25, 0.3) is 0 Å². The fraction of sp³-hybridized carbons (Fsp3) is 0.0556. The molecule has 0 saturated carbocycles. The Labute approximate surface area is 134 Å². The lowest BCUT2D eigenvalue weighted by Crippen LogP contribution is -2.15. The maximum Gasteiger partial charge on any atom is 0.247 e. The van der Waals surface area contributed by atoms with Crippen LogP contribution in [0.4, 0.5) is 0 Å². The summed E-state index contributed by atoms with van der Waals surface area (Å²) in [5, 5.41) is 5.55. The summed E-state index contributed by atoms with van der Waals surface area (Å²) < 4.78 is 18.4.